The second-order valence-corrected chi connectivity index (χ2v) is 4.15. The van der Waals surface area contributed by atoms with Crippen LogP contribution in [0.3, 0.4) is 0 Å². The van der Waals surface area contributed by atoms with Gasteiger partial charge in [-0.05, 0) is 6.07 Å². The third kappa shape index (κ3) is 1.83. The molecule has 5 nitrogen and oxygen atoms in total. The summed E-state index contributed by atoms with van der Waals surface area (Å²) < 4.78 is 0. The van der Waals surface area contributed by atoms with Crippen molar-refractivity contribution >= 4 is 28.9 Å². The van der Waals surface area contributed by atoms with Gasteiger partial charge in [0.15, 0.2) is 5.15 Å². The Balaban J connectivity index is 2.31. The minimum absolute atomic E-state index is 0.000953. The second kappa shape index (κ2) is 4.27. The Hall–Kier alpha value is -1.33. The molecule has 2 rings (SSSR count). The highest BCUT2D eigenvalue weighted by molar-refractivity contribution is 6.32. The van der Waals surface area contributed by atoms with Crippen molar-refractivity contribution in [1.29, 1.82) is 0 Å². The summed E-state index contributed by atoms with van der Waals surface area (Å²) in [6.07, 6.45) is 1.85. The molecule has 2 heterocycles. The number of aromatic nitrogens is 1. The molecule has 1 saturated heterocycles. The van der Waals surface area contributed by atoms with Crippen molar-refractivity contribution in [3.8, 4) is 0 Å². The molecule has 0 saturated carbocycles. The molecule has 1 fully saturated rings. The number of hydrogen-bond donors (Lipinski definition) is 2. The lowest BCUT2D eigenvalue weighted by atomic mass is 10.1. The van der Waals surface area contributed by atoms with Crippen molar-refractivity contribution in [2.24, 2.45) is 5.92 Å². The Kier molecular flexibility index (Phi) is 2.98. The standard InChI is InChI=1S/C10H12ClN3O2/c11-10-9(12)7(1-2-13-10)14-4-6(5-15)3-8(14)16/h1-2,6,15H,3-5,12H2. The summed E-state index contributed by atoms with van der Waals surface area (Å²) in [5.74, 6) is -0.0770. The van der Waals surface area contributed by atoms with Crippen LogP contribution in [0.4, 0.5) is 11.4 Å². The molecule has 0 aliphatic carbocycles. The molecule has 3 N–H and O–H groups in total. The fourth-order valence-corrected chi connectivity index (χ4v) is 1.96. The highest BCUT2D eigenvalue weighted by Crippen LogP contribution is 2.32. The Bertz CT molecular complexity index is 425. The predicted molar refractivity (Wildman–Crippen MR) is 61.2 cm³/mol. The Morgan fingerprint density at radius 1 is 1.69 bits per heavy atom. The van der Waals surface area contributed by atoms with Crippen molar-refractivity contribution < 1.29 is 9.90 Å². The van der Waals surface area contributed by atoms with Crippen LogP contribution in [-0.4, -0.2) is 29.1 Å². The summed E-state index contributed by atoms with van der Waals surface area (Å²) in [5, 5.41) is 9.22. The largest absolute Gasteiger partial charge is 0.396 e. The van der Waals surface area contributed by atoms with Gasteiger partial charge in [-0.2, -0.15) is 0 Å². The summed E-state index contributed by atoms with van der Waals surface area (Å²) in [7, 11) is 0. The van der Waals surface area contributed by atoms with Crippen LogP contribution in [0.25, 0.3) is 0 Å². The number of anilines is 2. The van der Waals surface area contributed by atoms with Crippen LogP contribution in [0.2, 0.25) is 5.15 Å². The number of halogens is 1. The SMILES string of the molecule is Nc1c(N2CC(CO)CC2=O)ccnc1Cl. The Morgan fingerprint density at radius 3 is 3.06 bits per heavy atom. The van der Waals surface area contributed by atoms with Gasteiger partial charge in [-0.25, -0.2) is 4.98 Å². The monoisotopic (exact) mass is 241 g/mol. The van der Waals surface area contributed by atoms with E-state index in [2.05, 4.69) is 4.98 Å². The summed E-state index contributed by atoms with van der Waals surface area (Å²) in [4.78, 5) is 17.1. The number of amides is 1. The van der Waals surface area contributed by atoms with Crippen LogP contribution in [0.15, 0.2) is 12.3 Å². The number of aliphatic hydroxyl groups is 1. The van der Waals surface area contributed by atoms with E-state index in [0.29, 0.717) is 24.3 Å². The van der Waals surface area contributed by atoms with E-state index >= 15 is 0 Å². The van der Waals surface area contributed by atoms with Crippen molar-refractivity contribution in [2.75, 3.05) is 23.8 Å². The second-order valence-electron chi connectivity index (χ2n) is 3.79. The van der Waals surface area contributed by atoms with Crippen LogP contribution >= 0.6 is 11.6 Å². The minimum atomic E-state index is -0.0481. The summed E-state index contributed by atoms with van der Waals surface area (Å²) >= 11 is 5.79. The first-order valence-corrected chi connectivity index (χ1v) is 5.32. The van der Waals surface area contributed by atoms with E-state index in [1.54, 1.807) is 11.0 Å². The number of pyridine rings is 1. The van der Waals surface area contributed by atoms with Gasteiger partial charge in [0.2, 0.25) is 5.91 Å². The number of carbonyl (C=O) groups is 1. The van der Waals surface area contributed by atoms with Gasteiger partial charge < -0.3 is 15.7 Å². The highest BCUT2D eigenvalue weighted by Gasteiger charge is 2.31. The van der Waals surface area contributed by atoms with Crippen molar-refractivity contribution in [2.45, 2.75) is 6.42 Å². The third-order valence-corrected chi connectivity index (χ3v) is 2.97. The first-order valence-electron chi connectivity index (χ1n) is 4.94. The summed E-state index contributed by atoms with van der Waals surface area (Å²) in [6.45, 7) is 0.473. The van der Waals surface area contributed by atoms with Crippen LogP contribution in [-0.2, 0) is 4.79 Å². The van der Waals surface area contributed by atoms with Gasteiger partial charge in [0.1, 0.15) is 0 Å². The number of nitrogens with zero attached hydrogens (tertiary/aromatic N) is 2. The molecular formula is C10H12ClN3O2. The topological polar surface area (TPSA) is 79.5 Å². The molecular weight excluding hydrogens is 230 g/mol. The lowest BCUT2D eigenvalue weighted by molar-refractivity contribution is -0.117. The van der Waals surface area contributed by atoms with Crippen LogP contribution < -0.4 is 10.6 Å². The predicted octanol–water partition coefficient (Wildman–Crippen LogP) is 0.662. The molecule has 1 aromatic heterocycles. The maximum atomic E-state index is 11.7. The van der Waals surface area contributed by atoms with E-state index in [0.717, 1.165) is 0 Å². The van der Waals surface area contributed by atoms with Crippen molar-refractivity contribution in [3.05, 3.63) is 17.4 Å². The van der Waals surface area contributed by atoms with Crippen LogP contribution in [0.1, 0.15) is 6.42 Å². The van der Waals surface area contributed by atoms with Crippen molar-refractivity contribution in [3.63, 3.8) is 0 Å². The molecule has 16 heavy (non-hydrogen) atoms. The summed E-state index contributed by atoms with van der Waals surface area (Å²) in [6, 6.07) is 1.65. The smallest absolute Gasteiger partial charge is 0.227 e. The molecule has 1 aromatic rings. The quantitative estimate of drug-likeness (QED) is 0.746. The average molecular weight is 242 g/mol. The first-order chi connectivity index (χ1) is 7.63. The van der Waals surface area contributed by atoms with Crippen LogP contribution in [0, 0.1) is 5.92 Å². The van der Waals surface area contributed by atoms with E-state index in [4.69, 9.17) is 22.4 Å². The van der Waals surface area contributed by atoms with Gasteiger partial charge >= 0.3 is 0 Å². The zero-order chi connectivity index (χ0) is 11.7. The normalized spacial score (nSPS) is 20.5. The molecule has 0 aromatic carbocycles. The lowest BCUT2D eigenvalue weighted by Gasteiger charge is -2.18. The lowest BCUT2D eigenvalue weighted by Crippen LogP contribution is -2.26. The van der Waals surface area contributed by atoms with E-state index in [1.165, 1.54) is 6.20 Å². The van der Waals surface area contributed by atoms with Gasteiger partial charge in [-0.1, -0.05) is 11.6 Å². The zero-order valence-corrected chi connectivity index (χ0v) is 9.31. The first kappa shape index (κ1) is 11.2. The average Bonchev–Trinajstić information content (AvgIpc) is 2.64. The third-order valence-electron chi connectivity index (χ3n) is 2.67. The van der Waals surface area contributed by atoms with Crippen LogP contribution in [0.5, 0.6) is 0 Å². The van der Waals surface area contributed by atoms with Crippen molar-refractivity contribution in [1.82, 2.24) is 4.98 Å². The fraction of sp³-hybridized carbons (Fsp3) is 0.400. The number of carbonyl (C=O) groups excluding carboxylic acids is 1. The molecule has 86 valence electrons. The number of aliphatic hydroxyl groups excluding tert-OH is 1. The molecule has 0 radical (unpaired) electrons. The number of nitrogen functional groups attached to an aromatic ring is 1. The van der Waals surface area contributed by atoms with E-state index in [9.17, 15) is 4.79 Å². The molecule has 1 atom stereocenters. The number of rotatable bonds is 2. The molecule has 6 heteroatoms. The molecule has 0 bridgehead atoms. The Labute approximate surface area is 97.8 Å². The minimum Gasteiger partial charge on any atom is -0.396 e. The van der Waals surface area contributed by atoms with E-state index < -0.39 is 0 Å². The molecule has 1 aliphatic rings. The number of nitrogens with two attached hydrogens (primary N) is 1. The summed E-state index contributed by atoms with van der Waals surface area (Å²) in [5.41, 5.74) is 6.63. The maximum Gasteiger partial charge on any atom is 0.227 e. The van der Waals surface area contributed by atoms with Gasteiger partial charge in [-0.15, -0.1) is 0 Å². The van der Waals surface area contributed by atoms with Gasteiger partial charge in [-0.3, -0.25) is 4.79 Å². The van der Waals surface area contributed by atoms with Gasteiger partial charge in [0, 0.05) is 31.7 Å². The van der Waals surface area contributed by atoms with E-state index in [-0.39, 0.29) is 23.6 Å². The van der Waals surface area contributed by atoms with Gasteiger partial charge in [0.05, 0.1) is 11.4 Å². The molecule has 1 amide bonds. The molecule has 1 aliphatic heterocycles. The van der Waals surface area contributed by atoms with E-state index in [1.807, 2.05) is 0 Å². The van der Waals surface area contributed by atoms with Gasteiger partial charge in [0.25, 0.3) is 0 Å². The number of hydrogen-bond acceptors (Lipinski definition) is 4. The zero-order valence-electron chi connectivity index (χ0n) is 8.56. The molecule has 0 spiro atoms. The molecule has 1 unspecified atom stereocenters. The highest BCUT2D eigenvalue weighted by atomic mass is 35.5. The Morgan fingerprint density at radius 2 is 2.44 bits per heavy atom. The maximum absolute atomic E-state index is 11.7. The fourth-order valence-electron chi connectivity index (χ4n) is 1.81.